The highest BCUT2D eigenvalue weighted by Gasteiger charge is 2.49. The molecule has 0 radical (unpaired) electrons. The topological polar surface area (TPSA) is 29.5 Å². The fraction of sp³-hybridized carbons (Fsp3) is 0.435. The fourth-order valence-electron chi connectivity index (χ4n) is 4.78. The number of hydrogen-bond acceptors (Lipinski definition) is 2. The summed E-state index contributed by atoms with van der Waals surface area (Å²) in [7, 11) is 0. The number of carbonyl (C=O) groups is 1. The van der Waals surface area contributed by atoms with E-state index in [1.54, 1.807) is 4.90 Å². The average Bonchev–Trinajstić information content (AvgIpc) is 3.26. The van der Waals surface area contributed by atoms with Crippen molar-refractivity contribution < 1.29 is 40.3 Å². The highest BCUT2D eigenvalue weighted by molar-refractivity contribution is 6.31. The van der Waals surface area contributed by atoms with Crippen molar-refractivity contribution in [2.24, 2.45) is 0 Å². The Morgan fingerprint density at radius 3 is 2.21 bits per heavy atom. The van der Waals surface area contributed by atoms with Crippen molar-refractivity contribution >= 4 is 17.5 Å². The Hall–Kier alpha value is -2.33. The molecule has 2 aromatic carbocycles. The van der Waals surface area contributed by atoms with Gasteiger partial charge in [0.05, 0.1) is 23.3 Å². The lowest BCUT2D eigenvalue weighted by atomic mass is 9.88. The van der Waals surface area contributed by atoms with Crippen LogP contribution in [0.1, 0.15) is 54.0 Å². The molecule has 2 aromatic rings. The van der Waals surface area contributed by atoms with E-state index < -0.39 is 47.4 Å². The first-order valence-electron chi connectivity index (χ1n) is 10.4. The van der Waals surface area contributed by atoms with E-state index in [9.17, 15) is 35.5 Å². The minimum atomic E-state index is -4.98. The summed E-state index contributed by atoms with van der Waals surface area (Å²) >= 11 is 6.25. The van der Waals surface area contributed by atoms with E-state index in [1.165, 1.54) is 19.1 Å². The second kappa shape index (κ2) is 8.71. The molecule has 2 aliphatic heterocycles. The summed E-state index contributed by atoms with van der Waals surface area (Å²) in [6, 6.07) is 4.76. The minimum Gasteiger partial charge on any atom is -0.368 e. The van der Waals surface area contributed by atoms with Gasteiger partial charge in [0.15, 0.2) is 0 Å². The van der Waals surface area contributed by atoms with Gasteiger partial charge in [0.25, 0.3) is 0 Å². The SMILES string of the molecule is C[C@@H](O[C@H]1CN2C(=O)CC[C@H]2[C@@H]1c1ccc(F)cc1Cl)c1cc(C(F)(F)F)cc(C(F)(F)F)c1. The number of carbonyl (C=O) groups excluding carboxylic acids is 1. The van der Waals surface area contributed by atoms with Crippen LogP contribution >= 0.6 is 11.6 Å². The molecule has 3 nitrogen and oxygen atoms in total. The third kappa shape index (κ3) is 4.75. The number of hydrogen-bond donors (Lipinski definition) is 0. The number of fused-ring (bicyclic) bond motifs is 1. The Bertz CT molecular complexity index is 1070. The lowest BCUT2D eigenvalue weighted by Gasteiger charge is -2.27. The van der Waals surface area contributed by atoms with Crippen LogP contribution in [0.25, 0.3) is 0 Å². The maximum atomic E-state index is 13.6. The van der Waals surface area contributed by atoms with Crippen LogP contribution in [0.3, 0.4) is 0 Å². The molecule has 2 fully saturated rings. The number of alkyl halides is 6. The van der Waals surface area contributed by atoms with Gasteiger partial charge < -0.3 is 9.64 Å². The molecule has 0 N–H and O–H groups in total. The number of halogens is 8. The van der Waals surface area contributed by atoms with Crippen LogP contribution in [-0.2, 0) is 21.9 Å². The summed E-state index contributed by atoms with van der Waals surface area (Å²) in [6.45, 7) is 1.45. The largest absolute Gasteiger partial charge is 0.416 e. The molecule has 0 saturated carbocycles. The van der Waals surface area contributed by atoms with Crippen molar-refractivity contribution in [1.29, 1.82) is 0 Å². The van der Waals surface area contributed by atoms with Crippen LogP contribution in [0.2, 0.25) is 5.02 Å². The zero-order chi connectivity index (χ0) is 25.0. The van der Waals surface area contributed by atoms with Crippen LogP contribution in [0, 0.1) is 5.82 Å². The smallest absolute Gasteiger partial charge is 0.368 e. The molecule has 4 rings (SSSR count). The van der Waals surface area contributed by atoms with Crippen LogP contribution in [0.5, 0.6) is 0 Å². The van der Waals surface area contributed by atoms with Gasteiger partial charge in [0, 0.05) is 29.9 Å². The predicted octanol–water partition coefficient (Wildman–Crippen LogP) is 6.75. The minimum absolute atomic E-state index is 0.0572. The van der Waals surface area contributed by atoms with Gasteiger partial charge in [-0.1, -0.05) is 17.7 Å². The van der Waals surface area contributed by atoms with E-state index in [1.807, 2.05) is 0 Å². The molecule has 4 atom stereocenters. The predicted molar refractivity (Wildman–Crippen MR) is 109 cm³/mol. The van der Waals surface area contributed by atoms with Crippen LogP contribution < -0.4 is 0 Å². The Labute approximate surface area is 195 Å². The Morgan fingerprint density at radius 2 is 1.65 bits per heavy atom. The Kier molecular flexibility index (Phi) is 6.35. The van der Waals surface area contributed by atoms with E-state index in [-0.39, 0.29) is 35.1 Å². The molecule has 0 unspecified atom stereocenters. The van der Waals surface area contributed by atoms with E-state index >= 15 is 0 Å². The lowest BCUT2D eigenvalue weighted by Crippen LogP contribution is -2.29. The van der Waals surface area contributed by atoms with Crippen LogP contribution in [0.4, 0.5) is 30.7 Å². The summed E-state index contributed by atoms with van der Waals surface area (Å²) in [5, 5.41) is 0.103. The van der Waals surface area contributed by atoms with Gasteiger partial charge in [-0.3, -0.25) is 4.79 Å². The number of nitrogens with zero attached hydrogens (tertiary/aromatic N) is 1. The maximum Gasteiger partial charge on any atom is 0.416 e. The number of amides is 1. The fourth-order valence-corrected chi connectivity index (χ4v) is 5.08. The summed E-state index contributed by atoms with van der Waals surface area (Å²) in [5.74, 6) is -1.22. The average molecular weight is 510 g/mol. The van der Waals surface area contributed by atoms with Crippen LogP contribution in [-0.4, -0.2) is 29.5 Å². The highest BCUT2D eigenvalue weighted by atomic mass is 35.5. The summed E-state index contributed by atoms with van der Waals surface area (Å²) in [5.41, 5.74) is -2.67. The first-order chi connectivity index (χ1) is 15.8. The zero-order valence-corrected chi connectivity index (χ0v) is 18.4. The second-order valence-corrected chi connectivity index (χ2v) is 8.91. The van der Waals surface area contributed by atoms with Gasteiger partial charge in [-0.25, -0.2) is 4.39 Å². The lowest BCUT2D eigenvalue weighted by molar-refractivity contribution is -0.143. The normalized spacial score (nSPS) is 24.0. The van der Waals surface area contributed by atoms with Crippen molar-refractivity contribution in [1.82, 2.24) is 4.90 Å². The summed E-state index contributed by atoms with van der Waals surface area (Å²) in [4.78, 5) is 13.9. The van der Waals surface area contributed by atoms with Gasteiger partial charge in [-0.15, -0.1) is 0 Å². The molecule has 1 amide bonds. The molecule has 2 aliphatic rings. The molecule has 184 valence electrons. The van der Waals surface area contributed by atoms with E-state index in [2.05, 4.69) is 0 Å². The van der Waals surface area contributed by atoms with Gasteiger partial charge in [0.2, 0.25) is 5.91 Å². The maximum absolute atomic E-state index is 13.6. The van der Waals surface area contributed by atoms with E-state index in [0.717, 1.165) is 6.07 Å². The number of benzene rings is 2. The highest BCUT2D eigenvalue weighted by Crippen LogP contribution is 2.45. The number of rotatable bonds is 4. The van der Waals surface area contributed by atoms with Crippen molar-refractivity contribution in [2.75, 3.05) is 6.54 Å². The molecule has 11 heteroatoms. The second-order valence-electron chi connectivity index (χ2n) is 8.50. The molecule has 0 spiro atoms. The van der Waals surface area contributed by atoms with Crippen molar-refractivity contribution in [3.05, 3.63) is 69.5 Å². The first-order valence-corrected chi connectivity index (χ1v) is 10.8. The quantitative estimate of drug-likeness (QED) is 0.427. The molecule has 2 saturated heterocycles. The van der Waals surface area contributed by atoms with Gasteiger partial charge in [0.1, 0.15) is 5.82 Å². The van der Waals surface area contributed by atoms with E-state index in [0.29, 0.717) is 30.5 Å². The van der Waals surface area contributed by atoms with Gasteiger partial charge in [-0.2, -0.15) is 26.3 Å². The third-order valence-electron chi connectivity index (χ3n) is 6.35. The zero-order valence-electron chi connectivity index (χ0n) is 17.7. The molecule has 34 heavy (non-hydrogen) atoms. The third-order valence-corrected chi connectivity index (χ3v) is 6.67. The first kappa shape index (κ1) is 24.8. The summed E-state index contributed by atoms with van der Waals surface area (Å²) in [6.07, 6.45) is -11.1. The molecule has 0 bridgehead atoms. The molecular weight excluding hydrogens is 491 g/mol. The van der Waals surface area contributed by atoms with Crippen LogP contribution in [0.15, 0.2) is 36.4 Å². The Morgan fingerprint density at radius 1 is 1.03 bits per heavy atom. The standard InChI is InChI=1S/C23H19ClF7NO2/c1-11(12-6-13(22(26,27)28)8-14(7-12)23(29,30)31)34-19-10-32-18(4-5-20(32)33)21(19)16-3-2-15(25)9-17(16)24/h2-3,6-9,11,18-19,21H,4-5,10H2,1H3/t11-,18+,19+,21+/m1/s1. The number of ether oxygens (including phenoxy) is 1. The molecular formula is C23H19ClF7NO2. The van der Waals surface area contributed by atoms with Crippen molar-refractivity contribution in [3.63, 3.8) is 0 Å². The van der Waals surface area contributed by atoms with Crippen molar-refractivity contribution in [3.8, 4) is 0 Å². The van der Waals surface area contributed by atoms with E-state index in [4.69, 9.17) is 16.3 Å². The van der Waals surface area contributed by atoms with Gasteiger partial charge >= 0.3 is 12.4 Å². The van der Waals surface area contributed by atoms with Crippen molar-refractivity contribution in [2.45, 2.75) is 56.3 Å². The molecule has 0 aliphatic carbocycles. The Balaban J connectivity index is 1.68. The van der Waals surface area contributed by atoms with Gasteiger partial charge in [-0.05, 0) is 54.8 Å². The molecule has 2 heterocycles. The monoisotopic (exact) mass is 509 g/mol. The summed E-state index contributed by atoms with van der Waals surface area (Å²) < 4.78 is 99.2. The molecule has 0 aromatic heterocycles.